The van der Waals surface area contributed by atoms with Gasteiger partial charge in [0.25, 0.3) is 0 Å². The Bertz CT molecular complexity index is 229. The van der Waals surface area contributed by atoms with Crippen molar-refractivity contribution in [2.24, 2.45) is 0 Å². The molecule has 0 saturated heterocycles. The minimum Gasteiger partial charge on any atom is -0.462 e. The van der Waals surface area contributed by atoms with Crippen molar-refractivity contribution < 1.29 is 22.8 Å². The summed E-state index contributed by atoms with van der Waals surface area (Å²) in [6, 6.07) is 0. The zero-order valence-electron chi connectivity index (χ0n) is 10.4. The van der Waals surface area contributed by atoms with Crippen LogP contribution in [0.4, 0.5) is 0 Å². The van der Waals surface area contributed by atoms with Crippen LogP contribution >= 0.6 is 0 Å². The molecule has 0 amide bonds. The number of carbonyl (C=O) groups excluding carboxylic acids is 1. The fraction of sp³-hybridized carbons (Fsp3) is 0.700. The Morgan fingerprint density at radius 2 is 1.69 bits per heavy atom. The highest BCUT2D eigenvalue weighted by molar-refractivity contribution is 6.73. The van der Waals surface area contributed by atoms with Crippen molar-refractivity contribution in [2.45, 2.75) is 19.8 Å². The molecule has 0 N–H and O–H groups in total. The van der Waals surface area contributed by atoms with E-state index < -0.39 is 14.8 Å². The summed E-state index contributed by atoms with van der Waals surface area (Å²) in [5.41, 5.74) is 0. The Labute approximate surface area is 97.7 Å². The van der Waals surface area contributed by atoms with Crippen molar-refractivity contribution in [2.75, 3.05) is 27.9 Å². The summed E-state index contributed by atoms with van der Waals surface area (Å²) >= 11 is 0. The molecule has 0 aliphatic heterocycles. The smallest absolute Gasteiger partial charge is 0.462 e. The van der Waals surface area contributed by atoms with E-state index in [0.717, 1.165) is 12.8 Å². The number of ether oxygens (including phenoxy) is 1. The van der Waals surface area contributed by atoms with Gasteiger partial charge < -0.3 is 18.0 Å². The van der Waals surface area contributed by atoms with E-state index in [0.29, 0.717) is 6.61 Å². The van der Waals surface area contributed by atoms with Crippen molar-refractivity contribution in [3.8, 4) is 0 Å². The first-order valence-electron chi connectivity index (χ1n) is 5.09. The minimum atomic E-state index is -3.11. The highest BCUT2D eigenvalue weighted by Gasteiger charge is 2.46. The minimum absolute atomic E-state index is 0.121. The van der Waals surface area contributed by atoms with Gasteiger partial charge in [-0.15, -0.1) is 0 Å². The van der Waals surface area contributed by atoms with E-state index in [2.05, 4.69) is 6.58 Å². The molecule has 0 aromatic carbocycles. The molecule has 0 fully saturated rings. The van der Waals surface area contributed by atoms with E-state index in [-0.39, 0.29) is 5.20 Å². The molecule has 0 aliphatic carbocycles. The molecule has 0 atom stereocenters. The van der Waals surface area contributed by atoms with Crippen LogP contribution in [0.5, 0.6) is 0 Å². The van der Waals surface area contributed by atoms with Crippen molar-refractivity contribution >= 4 is 14.8 Å². The van der Waals surface area contributed by atoms with Crippen LogP contribution in [0, 0.1) is 0 Å². The first-order valence-corrected chi connectivity index (χ1v) is 6.82. The third-order valence-electron chi connectivity index (χ3n) is 2.15. The van der Waals surface area contributed by atoms with E-state index >= 15 is 0 Å². The summed E-state index contributed by atoms with van der Waals surface area (Å²) in [6.07, 6.45) is 1.78. The maximum absolute atomic E-state index is 11.6. The third kappa shape index (κ3) is 3.71. The molecule has 6 heteroatoms. The van der Waals surface area contributed by atoms with Gasteiger partial charge in [0.1, 0.15) is 5.20 Å². The molecule has 0 heterocycles. The number of carbonyl (C=O) groups is 1. The Kier molecular flexibility index (Phi) is 7.23. The summed E-state index contributed by atoms with van der Waals surface area (Å²) in [7, 11) is 1.15. The number of hydrogen-bond acceptors (Lipinski definition) is 5. The molecule has 0 bridgehead atoms. The summed E-state index contributed by atoms with van der Waals surface area (Å²) < 4.78 is 20.4. The van der Waals surface area contributed by atoms with Crippen molar-refractivity contribution in [3.05, 3.63) is 11.8 Å². The highest BCUT2D eigenvalue weighted by Crippen LogP contribution is 2.17. The zero-order chi connectivity index (χ0) is 12.6. The predicted octanol–water partition coefficient (Wildman–Crippen LogP) is 1.30. The average Bonchev–Trinajstić information content (AvgIpc) is 2.32. The number of rotatable bonds is 8. The Balaban J connectivity index is 4.44. The maximum Gasteiger partial charge on any atom is 0.543 e. The fourth-order valence-electron chi connectivity index (χ4n) is 1.14. The van der Waals surface area contributed by atoms with Crippen LogP contribution in [0.3, 0.4) is 0 Å². The quantitative estimate of drug-likeness (QED) is 0.280. The van der Waals surface area contributed by atoms with Gasteiger partial charge in [-0.1, -0.05) is 19.9 Å². The first-order chi connectivity index (χ1) is 7.57. The van der Waals surface area contributed by atoms with E-state index in [4.69, 9.17) is 18.0 Å². The monoisotopic (exact) mass is 248 g/mol. The lowest BCUT2D eigenvalue weighted by Gasteiger charge is -2.24. The van der Waals surface area contributed by atoms with Gasteiger partial charge in [0, 0.05) is 21.3 Å². The molecule has 0 unspecified atom stereocenters. The summed E-state index contributed by atoms with van der Waals surface area (Å²) in [6.45, 7) is 6.02. The second-order valence-electron chi connectivity index (χ2n) is 3.14. The number of hydrogen-bond donors (Lipinski definition) is 0. The lowest BCUT2D eigenvalue weighted by molar-refractivity contribution is -0.139. The van der Waals surface area contributed by atoms with E-state index in [1.807, 2.05) is 6.92 Å². The van der Waals surface area contributed by atoms with Gasteiger partial charge in [-0.2, -0.15) is 0 Å². The SMILES string of the molecule is C=C(C(=O)OCCCC)[Si](OC)(OC)OC. The molecule has 16 heavy (non-hydrogen) atoms. The predicted molar refractivity (Wildman–Crippen MR) is 61.8 cm³/mol. The normalized spacial score (nSPS) is 11.2. The summed E-state index contributed by atoms with van der Waals surface area (Å²) in [5, 5.41) is 0.121. The summed E-state index contributed by atoms with van der Waals surface area (Å²) in [5.74, 6) is -0.523. The van der Waals surface area contributed by atoms with E-state index in [1.54, 1.807) is 0 Å². The van der Waals surface area contributed by atoms with Crippen LogP contribution in [0.25, 0.3) is 0 Å². The zero-order valence-corrected chi connectivity index (χ0v) is 11.4. The molecule has 0 aliphatic rings. The standard InChI is InChI=1S/C10H20O5Si/c1-6-7-8-15-10(11)9(2)16(12-3,13-4)14-5/h2,6-8H2,1,3-5H3. The second-order valence-corrected chi connectivity index (χ2v) is 6.08. The molecule has 5 nitrogen and oxygen atoms in total. The van der Waals surface area contributed by atoms with Crippen molar-refractivity contribution in [3.63, 3.8) is 0 Å². The Morgan fingerprint density at radius 1 is 1.19 bits per heavy atom. The van der Waals surface area contributed by atoms with Gasteiger partial charge >= 0.3 is 14.8 Å². The van der Waals surface area contributed by atoms with Gasteiger partial charge in [-0.05, 0) is 6.42 Å². The van der Waals surface area contributed by atoms with Crippen molar-refractivity contribution in [1.29, 1.82) is 0 Å². The maximum atomic E-state index is 11.6. The molecule has 0 spiro atoms. The molecule has 0 aromatic rings. The van der Waals surface area contributed by atoms with Crippen LogP contribution in [0.1, 0.15) is 19.8 Å². The van der Waals surface area contributed by atoms with Gasteiger partial charge in [-0.3, -0.25) is 0 Å². The van der Waals surface area contributed by atoms with Crippen LogP contribution in [0.2, 0.25) is 0 Å². The first kappa shape index (κ1) is 15.3. The van der Waals surface area contributed by atoms with Crippen molar-refractivity contribution in [1.82, 2.24) is 0 Å². The molecular weight excluding hydrogens is 228 g/mol. The Hall–Kier alpha value is -0.693. The highest BCUT2D eigenvalue weighted by atomic mass is 28.4. The summed E-state index contributed by atoms with van der Waals surface area (Å²) in [4.78, 5) is 11.6. The van der Waals surface area contributed by atoms with Crippen LogP contribution in [-0.4, -0.2) is 42.7 Å². The lowest BCUT2D eigenvalue weighted by Crippen LogP contribution is -2.48. The Morgan fingerprint density at radius 3 is 2.06 bits per heavy atom. The van der Waals surface area contributed by atoms with Crippen LogP contribution in [0.15, 0.2) is 11.8 Å². The molecule has 0 aromatic heterocycles. The van der Waals surface area contributed by atoms with Gasteiger partial charge in [0.05, 0.1) is 6.61 Å². The van der Waals surface area contributed by atoms with E-state index in [1.165, 1.54) is 21.3 Å². The molecule has 94 valence electrons. The van der Waals surface area contributed by atoms with Crippen LogP contribution in [-0.2, 0) is 22.8 Å². The van der Waals surface area contributed by atoms with Crippen LogP contribution < -0.4 is 0 Å². The number of esters is 1. The van der Waals surface area contributed by atoms with Gasteiger partial charge in [0.2, 0.25) is 0 Å². The molecule has 0 rings (SSSR count). The average molecular weight is 248 g/mol. The lowest BCUT2D eigenvalue weighted by atomic mass is 10.4. The van der Waals surface area contributed by atoms with Gasteiger partial charge in [-0.25, -0.2) is 4.79 Å². The second kappa shape index (κ2) is 7.56. The molecule has 0 radical (unpaired) electrons. The van der Waals surface area contributed by atoms with E-state index in [9.17, 15) is 4.79 Å². The molecular formula is C10H20O5Si. The molecule has 0 saturated carbocycles. The number of unbranched alkanes of at least 4 members (excludes halogenated alkanes) is 1. The topological polar surface area (TPSA) is 54.0 Å². The third-order valence-corrected chi connectivity index (χ3v) is 4.71. The fourth-order valence-corrected chi connectivity index (χ4v) is 2.70. The largest absolute Gasteiger partial charge is 0.543 e. The van der Waals surface area contributed by atoms with Gasteiger partial charge in [0.15, 0.2) is 0 Å².